The Morgan fingerprint density at radius 2 is 1.97 bits per heavy atom. The maximum Gasteiger partial charge on any atom is 0.260 e. The highest BCUT2D eigenvalue weighted by molar-refractivity contribution is 5.83. The molecule has 2 heterocycles. The van der Waals surface area contributed by atoms with Gasteiger partial charge in [-0.25, -0.2) is 0 Å². The third-order valence-electron chi connectivity index (χ3n) is 5.42. The van der Waals surface area contributed by atoms with Crippen LogP contribution in [0, 0.1) is 0 Å². The quantitative estimate of drug-likeness (QED) is 0.674. The second-order valence-electron chi connectivity index (χ2n) is 7.22. The lowest BCUT2D eigenvalue weighted by Gasteiger charge is -2.22. The molecule has 4 rings (SSSR count). The number of nitrogens with zero attached hydrogens (tertiary/aromatic N) is 1. The van der Waals surface area contributed by atoms with Gasteiger partial charge in [0.1, 0.15) is 23.3 Å². The number of benzene rings is 2. The van der Waals surface area contributed by atoms with E-state index in [0.717, 1.165) is 18.4 Å². The summed E-state index contributed by atoms with van der Waals surface area (Å²) in [6, 6.07) is 11.9. The van der Waals surface area contributed by atoms with E-state index >= 15 is 0 Å². The van der Waals surface area contributed by atoms with E-state index in [1.807, 2.05) is 0 Å². The second-order valence-corrected chi connectivity index (χ2v) is 7.22. The molecular formula is C23H23NO6. The molecule has 1 aliphatic rings. The number of carbonyl (C=O) groups excluding carboxylic acids is 1. The molecule has 1 fully saturated rings. The van der Waals surface area contributed by atoms with E-state index in [1.165, 1.54) is 6.26 Å². The Morgan fingerprint density at radius 1 is 1.20 bits per heavy atom. The van der Waals surface area contributed by atoms with Crippen LogP contribution in [-0.4, -0.2) is 48.8 Å². The number of amides is 1. The number of rotatable bonds is 6. The van der Waals surface area contributed by atoms with E-state index < -0.39 is 0 Å². The van der Waals surface area contributed by atoms with Crippen LogP contribution in [0.3, 0.4) is 0 Å². The molecule has 0 aliphatic carbocycles. The number of ether oxygens (including phenoxy) is 2. The van der Waals surface area contributed by atoms with Crippen molar-refractivity contribution in [2.75, 3.05) is 26.9 Å². The highest BCUT2D eigenvalue weighted by Crippen LogP contribution is 2.25. The molecule has 0 saturated carbocycles. The summed E-state index contributed by atoms with van der Waals surface area (Å²) in [5.41, 5.74) is 1.43. The number of hydrogen-bond donors (Lipinski definition) is 1. The van der Waals surface area contributed by atoms with Gasteiger partial charge in [0, 0.05) is 12.6 Å². The smallest absolute Gasteiger partial charge is 0.260 e. The molecule has 0 spiro atoms. The first-order valence-corrected chi connectivity index (χ1v) is 9.84. The summed E-state index contributed by atoms with van der Waals surface area (Å²) in [6.07, 6.45) is 3.12. The molecule has 2 aromatic carbocycles. The van der Waals surface area contributed by atoms with Crippen LogP contribution < -0.4 is 14.9 Å². The van der Waals surface area contributed by atoms with Crippen molar-refractivity contribution in [1.29, 1.82) is 0 Å². The van der Waals surface area contributed by atoms with Crippen LogP contribution in [0.25, 0.3) is 22.1 Å². The van der Waals surface area contributed by atoms with Crippen LogP contribution in [0.2, 0.25) is 0 Å². The second kappa shape index (κ2) is 8.59. The van der Waals surface area contributed by atoms with Gasteiger partial charge in [0.15, 0.2) is 12.0 Å². The van der Waals surface area contributed by atoms with Crippen LogP contribution in [0.4, 0.5) is 0 Å². The van der Waals surface area contributed by atoms with E-state index in [4.69, 9.17) is 13.9 Å². The van der Waals surface area contributed by atoms with Crippen molar-refractivity contribution in [3.05, 3.63) is 59.0 Å². The van der Waals surface area contributed by atoms with Gasteiger partial charge in [0.25, 0.3) is 5.91 Å². The van der Waals surface area contributed by atoms with E-state index in [1.54, 1.807) is 54.5 Å². The minimum atomic E-state index is -0.164. The standard InChI is InChI=1S/C23H23NO6/c1-28-17-6-4-15(5-7-17)20-13-30-21-11-18(8-9-19(21)23(20)27)29-14-22(26)24-10-2-3-16(24)12-25/h4-9,11,13,16,25H,2-3,10,12,14H2,1H3/t16-/m1/s1. The van der Waals surface area contributed by atoms with E-state index in [2.05, 4.69) is 0 Å². The summed E-state index contributed by atoms with van der Waals surface area (Å²) in [4.78, 5) is 26.9. The minimum absolute atomic E-state index is 0.0383. The molecule has 1 amide bonds. The topological polar surface area (TPSA) is 89.2 Å². The first kappa shape index (κ1) is 20.0. The third-order valence-corrected chi connectivity index (χ3v) is 5.42. The van der Waals surface area contributed by atoms with Gasteiger partial charge in [-0.3, -0.25) is 9.59 Å². The van der Waals surface area contributed by atoms with Gasteiger partial charge in [-0.15, -0.1) is 0 Å². The van der Waals surface area contributed by atoms with Crippen molar-refractivity contribution >= 4 is 16.9 Å². The van der Waals surface area contributed by atoms with E-state index in [-0.39, 0.29) is 30.6 Å². The first-order chi connectivity index (χ1) is 14.6. The minimum Gasteiger partial charge on any atom is -0.497 e. The Balaban J connectivity index is 1.52. The monoisotopic (exact) mass is 409 g/mol. The predicted molar refractivity (Wildman–Crippen MR) is 112 cm³/mol. The number of carbonyl (C=O) groups is 1. The zero-order chi connectivity index (χ0) is 21.1. The van der Waals surface area contributed by atoms with Crippen molar-refractivity contribution < 1.29 is 23.8 Å². The normalized spacial score (nSPS) is 16.1. The van der Waals surface area contributed by atoms with Gasteiger partial charge in [-0.2, -0.15) is 0 Å². The molecule has 7 heteroatoms. The average Bonchev–Trinajstić information content (AvgIpc) is 3.27. The maximum atomic E-state index is 12.9. The van der Waals surface area contributed by atoms with Crippen LogP contribution in [0.5, 0.6) is 11.5 Å². The zero-order valence-electron chi connectivity index (χ0n) is 16.7. The van der Waals surface area contributed by atoms with Crippen LogP contribution in [-0.2, 0) is 4.79 Å². The zero-order valence-corrected chi connectivity index (χ0v) is 16.7. The molecule has 30 heavy (non-hydrogen) atoms. The van der Waals surface area contributed by atoms with Crippen molar-refractivity contribution in [3.63, 3.8) is 0 Å². The van der Waals surface area contributed by atoms with Crippen LogP contribution in [0.15, 0.2) is 57.9 Å². The highest BCUT2D eigenvalue weighted by Gasteiger charge is 2.28. The molecule has 0 radical (unpaired) electrons. The molecular weight excluding hydrogens is 386 g/mol. The van der Waals surface area contributed by atoms with E-state index in [9.17, 15) is 14.7 Å². The molecule has 1 N–H and O–H groups in total. The fourth-order valence-corrected chi connectivity index (χ4v) is 3.75. The Bertz CT molecular complexity index is 1100. The van der Waals surface area contributed by atoms with Crippen molar-refractivity contribution in [3.8, 4) is 22.6 Å². The van der Waals surface area contributed by atoms with Crippen LogP contribution in [0.1, 0.15) is 12.8 Å². The molecule has 156 valence electrons. The predicted octanol–water partition coefficient (Wildman–Crippen LogP) is 2.83. The summed E-state index contributed by atoms with van der Waals surface area (Å²) in [5, 5.41) is 9.80. The number of aliphatic hydroxyl groups is 1. The highest BCUT2D eigenvalue weighted by atomic mass is 16.5. The summed E-state index contributed by atoms with van der Waals surface area (Å²) in [7, 11) is 1.59. The summed E-state index contributed by atoms with van der Waals surface area (Å²) >= 11 is 0. The number of aliphatic hydroxyl groups excluding tert-OH is 1. The fourth-order valence-electron chi connectivity index (χ4n) is 3.75. The molecule has 3 aromatic rings. The van der Waals surface area contributed by atoms with Gasteiger partial charge in [-0.1, -0.05) is 12.1 Å². The Labute approximate surface area is 173 Å². The first-order valence-electron chi connectivity index (χ1n) is 9.84. The lowest BCUT2D eigenvalue weighted by Crippen LogP contribution is -2.40. The summed E-state index contributed by atoms with van der Waals surface area (Å²) in [6.45, 7) is 0.466. The number of likely N-dealkylation sites (tertiary alicyclic amines) is 1. The van der Waals surface area contributed by atoms with Gasteiger partial charge in [-0.05, 0) is 42.7 Å². The molecule has 0 bridgehead atoms. The summed E-state index contributed by atoms with van der Waals surface area (Å²) in [5.74, 6) is 0.985. The van der Waals surface area contributed by atoms with Gasteiger partial charge in [0.05, 0.1) is 30.7 Å². The SMILES string of the molecule is COc1ccc(-c2coc3cc(OCC(=O)N4CCC[C@@H]4CO)ccc3c2=O)cc1. The van der Waals surface area contributed by atoms with Gasteiger partial charge < -0.3 is 23.9 Å². The Hall–Kier alpha value is -3.32. The third kappa shape index (κ3) is 3.89. The van der Waals surface area contributed by atoms with Gasteiger partial charge >= 0.3 is 0 Å². The van der Waals surface area contributed by atoms with Crippen molar-refractivity contribution in [1.82, 2.24) is 4.90 Å². The molecule has 1 aromatic heterocycles. The average molecular weight is 409 g/mol. The van der Waals surface area contributed by atoms with Crippen LogP contribution >= 0.6 is 0 Å². The number of hydrogen-bond acceptors (Lipinski definition) is 6. The summed E-state index contributed by atoms with van der Waals surface area (Å²) < 4.78 is 16.4. The van der Waals surface area contributed by atoms with Crippen molar-refractivity contribution in [2.45, 2.75) is 18.9 Å². The largest absolute Gasteiger partial charge is 0.497 e. The van der Waals surface area contributed by atoms with Crippen molar-refractivity contribution in [2.24, 2.45) is 0 Å². The number of methoxy groups -OCH3 is 1. The Morgan fingerprint density at radius 3 is 2.70 bits per heavy atom. The molecule has 1 atom stereocenters. The number of fused-ring (bicyclic) bond motifs is 1. The Kier molecular flexibility index (Phi) is 5.72. The molecule has 7 nitrogen and oxygen atoms in total. The van der Waals surface area contributed by atoms with Gasteiger partial charge in [0.2, 0.25) is 0 Å². The lowest BCUT2D eigenvalue weighted by molar-refractivity contribution is -0.134. The molecule has 1 saturated heterocycles. The van der Waals surface area contributed by atoms with E-state index in [0.29, 0.717) is 34.6 Å². The fraction of sp³-hybridized carbons (Fsp3) is 0.304. The maximum absolute atomic E-state index is 12.9. The lowest BCUT2D eigenvalue weighted by atomic mass is 10.1. The molecule has 1 aliphatic heterocycles. The molecule has 0 unspecified atom stereocenters.